The minimum atomic E-state index is -1.29. The van der Waals surface area contributed by atoms with Crippen LogP contribution >= 0.6 is 0 Å². The van der Waals surface area contributed by atoms with E-state index in [1.165, 1.54) is 0 Å². The Bertz CT molecular complexity index is 135. The van der Waals surface area contributed by atoms with Gasteiger partial charge in [0.15, 0.2) is 0 Å². The highest BCUT2D eigenvalue weighted by atomic mass is 16.4. The first kappa shape index (κ1) is 12.5. The molecule has 6 heteroatoms. The van der Waals surface area contributed by atoms with Crippen LogP contribution in [0.3, 0.4) is 0 Å². The van der Waals surface area contributed by atoms with Crippen molar-refractivity contribution in [1.82, 2.24) is 0 Å². The number of hydrogen-bond acceptors (Lipinski definition) is 4. The molecule has 0 rings (SSSR count). The second-order valence-electron chi connectivity index (χ2n) is 1.54. The summed E-state index contributed by atoms with van der Waals surface area (Å²) < 4.78 is 0. The van der Waals surface area contributed by atoms with Crippen LogP contribution in [-0.4, -0.2) is 40.4 Å². The smallest absolute Gasteiger partial charge is 0.321 e. The van der Waals surface area contributed by atoms with Gasteiger partial charge < -0.3 is 21.1 Å². The summed E-state index contributed by atoms with van der Waals surface area (Å²) in [6, 6.07) is -1.29. The summed E-state index contributed by atoms with van der Waals surface area (Å²) in [4.78, 5) is 19.6. The molecule has 0 saturated carbocycles. The second kappa shape index (κ2) is 6.97. The molecular formula is C5H11NO5. The third-order valence-corrected chi connectivity index (χ3v) is 0.712. The zero-order chi connectivity index (χ0) is 9.44. The van der Waals surface area contributed by atoms with E-state index in [1.54, 1.807) is 0 Å². The van der Waals surface area contributed by atoms with Gasteiger partial charge in [-0.15, -0.1) is 0 Å². The Morgan fingerprint density at radius 2 is 1.73 bits per heavy atom. The number of rotatable bonds is 3. The van der Waals surface area contributed by atoms with Gasteiger partial charge in [-0.05, 0) is 0 Å². The summed E-state index contributed by atoms with van der Waals surface area (Å²) in [6.07, 6.45) is -0.532. The summed E-state index contributed by atoms with van der Waals surface area (Å²) in [7, 11) is 1.00. The highest BCUT2D eigenvalue weighted by molar-refractivity contribution is 5.80. The summed E-state index contributed by atoms with van der Waals surface area (Å²) in [5, 5.41) is 23.0. The molecule has 0 bridgehead atoms. The van der Waals surface area contributed by atoms with Crippen molar-refractivity contribution in [1.29, 1.82) is 0 Å². The molecular weight excluding hydrogens is 154 g/mol. The van der Waals surface area contributed by atoms with Gasteiger partial charge in [0.05, 0.1) is 6.42 Å². The molecule has 0 spiro atoms. The molecule has 0 unspecified atom stereocenters. The van der Waals surface area contributed by atoms with Crippen LogP contribution in [-0.2, 0) is 9.59 Å². The third-order valence-electron chi connectivity index (χ3n) is 0.712. The largest absolute Gasteiger partial charge is 0.481 e. The van der Waals surface area contributed by atoms with Gasteiger partial charge in [-0.1, -0.05) is 0 Å². The fraction of sp³-hybridized carbons (Fsp3) is 0.600. The second-order valence-corrected chi connectivity index (χ2v) is 1.54. The number of carboxylic acids is 2. The minimum absolute atomic E-state index is 0.532. The van der Waals surface area contributed by atoms with Crippen LogP contribution in [0.1, 0.15) is 6.42 Å². The van der Waals surface area contributed by atoms with Gasteiger partial charge >= 0.3 is 11.9 Å². The molecule has 0 aromatic heterocycles. The van der Waals surface area contributed by atoms with E-state index in [9.17, 15) is 9.59 Å². The third kappa shape index (κ3) is 8.86. The van der Waals surface area contributed by atoms with Gasteiger partial charge in [-0.3, -0.25) is 9.59 Å². The molecule has 0 aliphatic rings. The van der Waals surface area contributed by atoms with Gasteiger partial charge in [0.2, 0.25) is 0 Å². The molecule has 0 aliphatic heterocycles. The number of nitrogens with two attached hydrogens (primary N) is 1. The summed E-state index contributed by atoms with van der Waals surface area (Å²) in [5.74, 6) is -2.50. The van der Waals surface area contributed by atoms with E-state index in [-0.39, 0.29) is 0 Å². The topological polar surface area (TPSA) is 121 Å². The quantitative estimate of drug-likeness (QED) is 0.403. The minimum Gasteiger partial charge on any atom is -0.481 e. The molecule has 0 amide bonds. The van der Waals surface area contributed by atoms with Gasteiger partial charge in [0, 0.05) is 7.11 Å². The monoisotopic (exact) mass is 165 g/mol. The van der Waals surface area contributed by atoms with E-state index in [2.05, 4.69) is 0 Å². The van der Waals surface area contributed by atoms with Crippen LogP contribution in [0.5, 0.6) is 0 Å². The molecule has 0 aromatic carbocycles. The molecule has 11 heavy (non-hydrogen) atoms. The summed E-state index contributed by atoms with van der Waals surface area (Å²) in [6.45, 7) is 0. The first-order valence-electron chi connectivity index (χ1n) is 2.69. The Morgan fingerprint density at radius 1 is 1.36 bits per heavy atom. The standard InChI is InChI=1S/C4H7NO4.CH4O/c5-2(4(8)9)1-3(6)7;1-2/h2H,1,5H2,(H,6,7)(H,8,9);2H,1H3/t2-;/m0./s1. The maximum atomic E-state index is 9.85. The molecule has 0 aromatic rings. The van der Waals surface area contributed by atoms with E-state index < -0.39 is 24.4 Å². The van der Waals surface area contributed by atoms with Crippen LogP contribution in [0.2, 0.25) is 0 Å². The van der Waals surface area contributed by atoms with Crippen molar-refractivity contribution >= 4 is 11.9 Å². The Kier molecular flexibility index (Phi) is 7.94. The van der Waals surface area contributed by atoms with Crippen molar-refractivity contribution in [3.05, 3.63) is 0 Å². The maximum absolute atomic E-state index is 9.85. The average molecular weight is 165 g/mol. The Labute approximate surface area is 63.3 Å². The first-order valence-corrected chi connectivity index (χ1v) is 2.69. The van der Waals surface area contributed by atoms with E-state index in [0.717, 1.165) is 7.11 Å². The number of carboxylic acid groups (broad SMARTS) is 2. The lowest BCUT2D eigenvalue weighted by atomic mass is 10.2. The van der Waals surface area contributed by atoms with Crippen molar-refractivity contribution in [3.63, 3.8) is 0 Å². The number of aliphatic carboxylic acids is 2. The van der Waals surface area contributed by atoms with E-state index in [0.29, 0.717) is 0 Å². The maximum Gasteiger partial charge on any atom is 0.321 e. The predicted octanol–water partition coefficient (Wildman–Crippen LogP) is -1.52. The predicted molar refractivity (Wildman–Crippen MR) is 36.0 cm³/mol. The van der Waals surface area contributed by atoms with Gasteiger partial charge in [0.1, 0.15) is 6.04 Å². The summed E-state index contributed by atoms with van der Waals surface area (Å²) >= 11 is 0. The summed E-state index contributed by atoms with van der Waals surface area (Å²) in [5.41, 5.74) is 4.84. The molecule has 6 nitrogen and oxygen atoms in total. The SMILES string of the molecule is CO.N[C@@H](CC(=O)O)C(=O)O. The van der Waals surface area contributed by atoms with Crippen LogP contribution in [0.4, 0.5) is 0 Å². The lowest BCUT2D eigenvalue weighted by Crippen LogP contribution is -2.32. The van der Waals surface area contributed by atoms with E-state index in [4.69, 9.17) is 21.1 Å². The van der Waals surface area contributed by atoms with E-state index >= 15 is 0 Å². The fourth-order valence-electron chi connectivity index (χ4n) is 0.275. The van der Waals surface area contributed by atoms with Crippen molar-refractivity contribution in [2.75, 3.05) is 7.11 Å². The van der Waals surface area contributed by atoms with Crippen LogP contribution in [0.25, 0.3) is 0 Å². The van der Waals surface area contributed by atoms with Crippen LogP contribution in [0.15, 0.2) is 0 Å². The first-order chi connectivity index (χ1) is 5.04. The molecule has 0 radical (unpaired) electrons. The highest BCUT2D eigenvalue weighted by Gasteiger charge is 2.14. The Hall–Kier alpha value is -1.14. The van der Waals surface area contributed by atoms with Crippen molar-refractivity contribution < 1.29 is 24.9 Å². The number of hydrogen-bond donors (Lipinski definition) is 4. The lowest BCUT2D eigenvalue weighted by molar-refractivity contribution is -0.144. The lowest BCUT2D eigenvalue weighted by Gasteiger charge is -1.99. The van der Waals surface area contributed by atoms with Gasteiger partial charge in [-0.25, -0.2) is 0 Å². The fourth-order valence-corrected chi connectivity index (χ4v) is 0.275. The highest BCUT2D eigenvalue weighted by Crippen LogP contribution is 1.86. The van der Waals surface area contributed by atoms with E-state index in [1.807, 2.05) is 0 Å². The zero-order valence-electron chi connectivity index (χ0n) is 6.02. The molecule has 0 heterocycles. The normalized spacial score (nSPS) is 10.8. The molecule has 5 N–H and O–H groups in total. The molecule has 1 atom stereocenters. The van der Waals surface area contributed by atoms with Crippen molar-refractivity contribution in [2.24, 2.45) is 5.73 Å². The Balaban J connectivity index is 0. The Morgan fingerprint density at radius 3 is 1.82 bits per heavy atom. The van der Waals surface area contributed by atoms with Crippen molar-refractivity contribution in [3.8, 4) is 0 Å². The molecule has 0 fully saturated rings. The van der Waals surface area contributed by atoms with Crippen LogP contribution < -0.4 is 5.73 Å². The van der Waals surface area contributed by atoms with Gasteiger partial charge in [-0.2, -0.15) is 0 Å². The molecule has 0 aliphatic carbocycles. The zero-order valence-corrected chi connectivity index (χ0v) is 6.02. The van der Waals surface area contributed by atoms with Gasteiger partial charge in [0.25, 0.3) is 0 Å². The van der Waals surface area contributed by atoms with Crippen molar-refractivity contribution in [2.45, 2.75) is 12.5 Å². The number of carbonyl (C=O) groups is 2. The number of aliphatic hydroxyl groups excluding tert-OH is 1. The average Bonchev–Trinajstić information content (AvgIpc) is 1.90. The van der Waals surface area contributed by atoms with Crippen LogP contribution in [0, 0.1) is 0 Å². The number of aliphatic hydroxyl groups is 1. The molecule has 0 saturated heterocycles. The molecule has 66 valence electrons.